The molecule has 0 aliphatic carbocycles. The van der Waals surface area contributed by atoms with E-state index in [4.69, 9.17) is 4.74 Å². The number of amides is 2. The average molecular weight is 383 g/mol. The number of aromatic amines is 1. The summed E-state index contributed by atoms with van der Waals surface area (Å²) in [6.07, 6.45) is 2.15. The number of hydrogen-bond donors (Lipinski definition) is 3. The molecule has 0 aliphatic rings. The van der Waals surface area contributed by atoms with Crippen molar-refractivity contribution in [3.63, 3.8) is 0 Å². The number of nitrogens with one attached hydrogen (secondary N) is 3. The third-order valence-electron chi connectivity index (χ3n) is 4.43. The number of rotatable bonds is 8. The summed E-state index contributed by atoms with van der Waals surface area (Å²) in [7, 11) is 1.55. The normalized spacial score (nSPS) is 11.9. The monoisotopic (exact) mass is 383 g/mol. The standard InChI is InChI=1S/C21H22FN3O3/c1-28-11-10-23-21(27)19(25-20(26)14-6-8-16(22)9-7-14)12-15-13-24-18-5-3-2-4-17(15)18/h2-9,13,19,24H,10-12H2,1H3,(H,23,27)(H,25,26)/t19-/m1/s1. The predicted octanol–water partition coefficient (Wildman–Crippen LogP) is 2.41. The van der Waals surface area contributed by atoms with Gasteiger partial charge in [0, 0.05) is 42.7 Å². The van der Waals surface area contributed by atoms with E-state index in [0.717, 1.165) is 16.5 Å². The number of methoxy groups -OCH3 is 1. The minimum atomic E-state index is -0.784. The van der Waals surface area contributed by atoms with Gasteiger partial charge in [0.1, 0.15) is 11.9 Å². The zero-order chi connectivity index (χ0) is 19.9. The van der Waals surface area contributed by atoms with Gasteiger partial charge >= 0.3 is 0 Å². The minimum absolute atomic E-state index is 0.287. The molecule has 0 saturated heterocycles. The van der Waals surface area contributed by atoms with Gasteiger partial charge in [-0.1, -0.05) is 18.2 Å². The summed E-state index contributed by atoms with van der Waals surface area (Å²) < 4.78 is 18.1. The largest absolute Gasteiger partial charge is 0.383 e. The van der Waals surface area contributed by atoms with Crippen LogP contribution < -0.4 is 10.6 Å². The predicted molar refractivity (Wildman–Crippen MR) is 105 cm³/mol. The minimum Gasteiger partial charge on any atom is -0.383 e. The molecule has 3 aromatic rings. The fourth-order valence-corrected chi connectivity index (χ4v) is 2.97. The highest BCUT2D eigenvalue weighted by Crippen LogP contribution is 2.19. The molecule has 0 radical (unpaired) electrons. The van der Waals surface area contributed by atoms with Crippen molar-refractivity contribution < 1.29 is 18.7 Å². The lowest BCUT2D eigenvalue weighted by atomic mass is 10.0. The van der Waals surface area contributed by atoms with Crippen LogP contribution in [0.4, 0.5) is 4.39 Å². The number of ether oxygens (including phenoxy) is 1. The van der Waals surface area contributed by atoms with E-state index in [1.807, 2.05) is 30.5 Å². The Hall–Kier alpha value is -3.19. The van der Waals surface area contributed by atoms with Gasteiger partial charge in [-0.05, 0) is 35.9 Å². The third kappa shape index (κ3) is 4.75. The van der Waals surface area contributed by atoms with Crippen molar-refractivity contribution >= 4 is 22.7 Å². The number of fused-ring (bicyclic) bond motifs is 1. The van der Waals surface area contributed by atoms with Crippen LogP contribution in [0.15, 0.2) is 54.7 Å². The number of para-hydroxylation sites is 1. The third-order valence-corrected chi connectivity index (χ3v) is 4.43. The van der Waals surface area contributed by atoms with Crippen molar-refractivity contribution in [1.29, 1.82) is 0 Å². The molecular weight excluding hydrogens is 361 g/mol. The topological polar surface area (TPSA) is 83.2 Å². The molecule has 1 atom stereocenters. The van der Waals surface area contributed by atoms with E-state index in [0.29, 0.717) is 19.6 Å². The Labute approximate surface area is 162 Å². The van der Waals surface area contributed by atoms with Crippen molar-refractivity contribution in [3.05, 3.63) is 71.7 Å². The first-order chi connectivity index (χ1) is 13.6. The lowest BCUT2D eigenvalue weighted by Crippen LogP contribution is -2.48. The molecule has 0 unspecified atom stereocenters. The van der Waals surface area contributed by atoms with Crippen LogP contribution in [0, 0.1) is 5.82 Å². The van der Waals surface area contributed by atoms with Crippen molar-refractivity contribution in [3.8, 4) is 0 Å². The Bertz CT molecular complexity index is 953. The summed E-state index contributed by atoms with van der Waals surface area (Å²) in [4.78, 5) is 28.4. The summed E-state index contributed by atoms with van der Waals surface area (Å²) in [5.74, 6) is -1.17. The van der Waals surface area contributed by atoms with E-state index >= 15 is 0 Å². The lowest BCUT2D eigenvalue weighted by Gasteiger charge is -2.18. The fourth-order valence-electron chi connectivity index (χ4n) is 2.97. The molecule has 3 N–H and O–H groups in total. The molecule has 1 heterocycles. The van der Waals surface area contributed by atoms with Crippen molar-refractivity contribution in [2.45, 2.75) is 12.5 Å². The molecule has 0 saturated carbocycles. The number of hydrogen-bond acceptors (Lipinski definition) is 3. The van der Waals surface area contributed by atoms with Gasteiger partial charge in [-0.3, -0.25) is 9.59 Å². The molecule has 0 spiro atoms. The summed E-state index contributed by atoms with van der Waals surface area (Å²) in [6.45, 7) is 0.712. The van der Waals surface area contributed by atoms with E-state index in [1.54, 1.807) is 7.11 Å². The first-order valence-corrected chi connectivity index (χ1v) is 8.96. The summed E-state index contributed by atoms with van der Waals surface area (Å²) in [6, 6.07) is 12.2. The van der Waals surface area contributed by atoms with Crippen LogP contribution in [0.2, 0.25) is 0 Å². The SMILES string of the molecule is COCCNC(=O)[C@@H](Cc1c[nH]c2ccccc12)NC(=O)c1ccc(F)cc1. The first kappa shape index (κ1) is 19.6. The molecule has 6 nitrogen and oxygen atoms in total. The van der Waals surface area contributed by atoms with Crippen LogP contribution in [0.1, 0.15) is 15.9 Å². The molecule has 3 rings (SSSR count). The molecule has 0 bridgehead atoms. The first-order valence-electron chi connectivity index (χ1n) is 8.96. The molecule has 0 aliphatic heterocycles. The van der Waals surface area contributed by atoms with Crippen LogP contribution in [0.25, 0.3) is 10.9 Å². The number of carbonyl (C=O) groups is 2. The van der Waals surface area contributed by atoms with Crippen molar-refractivity contribution in [2.75, 3.05) is 20.3 Å². The van der Waals surface area contributed by atoms with Crippen LogP contribution >= 0.6 is 0 Å². The van der Waals surface area contributed by atoms with Gasteiger partial charge in [-0.2, -0.15) is 0 Å². The van der Waals surface area contributed by atoms with Crippen LogP contribution in [-0.2, 0) is 16.0 Å². The number of H-pyrrole nitrogens is 1. The molecule has 146 valence electrons. The second kappa shape index (κ2) is 9.14. The highest BCUT2D eigenvalue weighted by atomic mass is 19.1. The van der Waals surface area contributed by atoms with Crippen molar-refractivity contribution in [2.24, 2.45) is 0 Å². The quantitative estimate of drug-likeness (QED) is 0.523. The van der Waals surface area contributed by atoms with Crippen LogP contribution in [0.5, 0.6) is 0 Å². The van der Waals surface area contributed by atoms with Gasteiger partial charge in [-0.25, -0.2) is 4.39 Å². The van der Waals surface area contributed by atoms with Crippen molar-refractivity contribution in [1.82, 2.24) is 15.6 Å². The fraction of sp³-hybridized carbons (Fsp3) is 0.238. The van der Waals surface area contributed by atoms with E-state index in [9.17, 15) is 14.0 Å². The summed E-state index contributed by atoms with van der Waals surface area (Å²) in [5.41, 5.74) is 2.16. The van der Waals surface area contributed by atoms with E-state index in [-0.39, 0.29) is 11.5 Å². The lowest BCUT2D eigenvalue weighted by molar-refractivity contribution is -0.123. The van der Waals surface area contributed by atoms with E-state index in [2.05, 4.69) is 15.6 Å². The molecular formula is C21H22FN3O3. The Kier molecular flexibility index (Phi) is 6.39. The Morgan fingerprint density at radius 1 is 1.14 bits per heavy atom. The van der Waals surface area contributed by atoms with Gasteiger partial charge in [0.25, 0.3) is 5.91 Å². The molecule has 7 heteroatoms. The van der Waals surface area contributed by atoms with Gasteiger partial charge in [-0.15, -0.1) is 0 Å². The van der Waals surface area contributed by atoms with Gasteiger partial charge in [0.15, 0.2) is 0 Å². The second-order valence-corrected chi connectivity index (χ2v) is 6.38. The maximum atomic E-state index is 13.1. The molecule has 1 aromatic heterocycles. The van der Waals surface area contributed by atoms with Gasteiger partial charge in [0.2, 0.25) is 5.91 Å². The number of carbonyl (C=O) groups excluding carboxylic acids is 2. The zero-order valence-corrected chi connectivity index (χ0v) is 15.5. The highest BCUT2D eigenvalue weighted by molar-refractivity contribution is 5.97. The summed E-state index contributed by atoms with van der Waals surface area (Å²) in [5, 5.41) is 6.51. The van der Waals surface area contributed by atoms with Crippen LogP contribution in [-0.4, -0.2) is 43.1 Å². The molecule has 28 heavy (non-hydrogen) atoms. The maximum absolute atomic E-state index is 13.1. The summed E-state index contributed by atoms with van der Waals surface area (Å²) >= 11 is 0. The second-order valence-electron chi connectivity index (χ2n) is 6.38. The van der Waals surface area contributed by atoms with Gasteiger partial charge < -0.3 is 20.4 Å². The van der Waals surface area contributed by atoms with Gasteiger partial charge in [0.05, 0.1) is 6.61 Å². The molecule has 2 amide bonds. The van der Waals surface area contributed by atoms with E-state index < -0.39 is 17.8 Å². The zero-order valence-electron chi connectivity index (χ0n) is 15.5. The van der Waals surface area contributed by atoms with E-state index in [1.165, 1.54) is 24.3 Å². The van der Waals surface area contributed by atoms with Crippen LogP contribution in [0.3, 0.4) is 0 Å². The Morgan fingerprint density at radius 2 is 1.89 bits per heavy atom. The average Bonchev–Trinajstić information content (AvgIpc) is 3.11. The Morgan fingerprint density at radius 3 is 2.64 bits per heavy atom. The number of halogens is 1. The number of aromatic nitrogens is 1. The number of benzene rings is 2. The smallest absolute Gasteiger partial charge is 0.251 e. The Balaban J connectivity index is 1.79. The maximum Gasteiger partial charge on any atom is 0.251 e. The highest BCUT2D eigenvalue weighted by Gasteiger charge is 2.23. The molecule has 0 fully saturated rings. The molecule has 2 aromatic carbocycles.